The quantitative estimate of drug-likeness (QED) is 0.807. The predicted molar refractivity (Wildman–Crippen MR) is 64.3 cm³/mol. The molecule has 0 spiro atoms. The van der Waals surface area contributed by atoms with E-state index in [4.69, 9.17) is 5.11 Å². The Hall–Kier alpha value is -2.17. The molecule has 0 aliphatic carbocycles. The monoisotopic (exact) mass is 247 g/mol. The number of rotatable bonds is 2. The summed E-state index contributed by atoms with van der Waals surface area (Å²) in [5.41, 5.74) is 0.561. The Morgan fingerprint density at radius 3 is 2.11 bits per heavy atom. The number of anilines is 1. The SMILES string of the molecule is CC1CC(=O)N(c2ccc(C(=O)O)cc2)C(=O)C1. The maximum absolute atomic E-state index is 11.8. The Balaban J connectivity index is 2.28. The minimum absolute atomic E-state index is 0.0690. The average Bonchev–Trinajstić information content (AvgIpc) is 2.28. The summed E-state index contributed by atoms with van der Waals surface area (Å²) >= 11 is 0. The number of aromatic carboxylic acids is 1. The summed E-state index contributed by atoms with van der Waals surface area (Å²) in [6.07, 6.45) is 0.679. The second kappa shape index (κ2) is 4.60. The van der Waals surface area contributed by atoms with Crippen LogP contribution in [-0.4, -0.2) is 22.9 Å². The van der Waals surface area contributed by atoms with Gasteiger partial charge in [0, 0.05) is 12.8 Å². The number of piperidine rings is 1. The molecule has 1 saturated heterocycles. The van der Waals surface area contributed by atoms with Crippen LogP contribution in [0.2, 0.25) is 0 Å². The van der Waals surface area contributed by atoms with E-state index in [0.717, 1.165) is 4.90 Å². The molecule has 1 N–H and O–H groups in total. The van der Waals surface area contributed by atoms with Crippen LogP contribution in [0, 0.1) is 5.92 Å². The van der Waals surface area contributed by atoms with Gasteiger partial charge >= 0.3 is 5.97 Å². The van der Waals surface area contributed by atoms with E-state index in [1.54, 1.807) is 0 Å². The van der Waals surface area contributed by atoms with Gasteiger partial charge in [0.05, 0.1) is 11.3 Å². The smallest absolute Gasteiger partial charge is 0.335 e. The molecule has 5 heteroatoms. The molecule has 0 bridgehead atoms. The normalized spacial score (nSPS) is 17.1. The number of carboxylic acids is 1. The second-order valence-corrected chi connectivity index (χ2v) is 4.49. The van der Waals surface area contributed by atoms with E-state index in [9.17, 15) is 14.4 Å². The molecule has 1 heterocycles. The fourth-order valence-electron chi connectivity index (χ4n) is 2.03. The van der Waals surface area contributed by atoms with Gasteiger partial charge in [-0.15, -0.1) is 0 Å². The third kappa shape index (κ3) is 2.25. The lowest BCUT2D eigenvalue weighted by Crippen LogP contribution is -2.42. The largest absolute Gasteiger partial charge is 0.478 e. The van der Waals surface area contributed by atoms with Crippen LogP contribution in [0.1, 0.15) is 30.1 Å². The molecule has 0 atom stereocenters. The van der Waals surface area contributed by atoms with Gasteiger partial charge in [-0.25, -0.2) is 4.79 Å². The summed E-state index contributed by atoms with van der Waals surface area (Å²) in [6, 6.07) is 5.73. The van der Waals surface area contributed by atoms with Gasteiger partial charge in [0.1, 0.15) is 0 Å². The molecule has 2 amide bonds. The van der Waals surface area contributed by atoms with Crippen LogP contribution in [0.25, 0.3) is 0 Å². The van der Waals surface area contributed by atoms with Crippen molar-refractivity contribution >= 4 is 23.5 Å². The van der Waals surface area contributed by atoms with E-state index in [2.05, 4.69) is 0 Å². The van der Waals surface area contributed by atoms with E-state index >= 15 is 0 Å². The Labute approximate surface area is 104 Å². The Kier molecular flexibility index (Phi) is 3.14. The number of benzene rings is 1. The highest BCUT2D eigenvalue weighted by Crippen LogP contribution is 2.25. The highest BCUT2D eigenvalue weighted by Gasteiger charge is 2.31. The van der Waals surface area contributed by atoms with E-state index in [-0.39, 0.29) is 23.3 Å². The van der Waals surface area contributed by atoms with Gasteiger partial charge in [0.2, 0.25) is 11.8 Å². The summed E-state index contributed by atoms with van der Waals surface area (Å²) in [5.74, 6) is -1.44. The van der Waals surface area contributed by atoms with Gasteiger partial charge < -0.3 is 5.11 Å². The fourth-order valence-corrected chi connectivity index (χ4v) is 2.03. The van der Waals surface area contributed by atoms with Crippen molar-refractivity contribution in [1.29, 1.82) is 0 Å². The molecular weight excluding hydrogens is 234 g/mol. The van der Waals surface area contributed by atoms with Gasteiger partial charge in [-0.2, -0.15) is 0 Å². The maximum atomic E-state index is 11.8. The summed E-state index contributed by atoms with van der Waals surface area (Å²) in [4.78, 5) is 35.5. The molecule has 1 aromatic rings. The van der Waals surface area contributed by atoms with E-state index in [1.807, 2.05) is 6.92 Å². The van der Waals surface area contributed by atoms with Crippen molar-refractivity contribution in [2.24, 2.45) is 5.92 Å². The number of hydrogen-bond donors (Lipinski definition) is 1. The second-order valence-electron chi connectivity index (χ2n) is 4.49. The first-order chi connectivity index (χ1) is 8.49. The van der Waals surface area contributed by atoms with Crippen LogP contribution in [0.3, 0.4) is 0 Å². The van der Waals surface area contributed by atoms with Crippen molar-refractivity contribution in [1.82, 2.24) is 0 Å². The first-order valence-electron chi connectivity index (χ1n) is 5.68. The van der Waals surface area contributed by atoms with Crippen molar-refractivity contribution in [3.05, 3.63) is 29.8 Å². The maximum Gasteiger partial charge on any atom is 0.335 e. The van der Waals surface area contributed by atoms with Crippen molar-refractivity contribution < 1.29 is 19.5 Å². The molecule has 0 radical (unpaired) electrons. The molecule has 1 fully saturated rings. The number of amides is 2. The number of imide groups is 1. The number of carbonyl (C=O) groups is 3. The van der Waals surface area contributed by atoms with Crippen LogP contribution in [0.4, 0.5) is 5.69 Å². The predicted octanol–water partition coefficient (Wildman–Crippen LogP) is 1.67. The summed E-state index contributed by atoms with van der Waals surface area (Å²) in [5, 5.41) is 8.78. The highest BCUT2D eigenvalue weighted by molar-refractivity contribution is 6.16. The molecule has 1 aromatic carbocycles. The van der Waals surface area contributed by atoms with Gasteiger partial charge in [0.15, 0.2) is 0 Å². The number of hydrogen-bond acceptors (Lipinski definition) is 3. The Bertz CT molecular complexity index is 488. The van der Waals surface area contributed by atoms with E-state index in [0.29, 0.717) is 18.5 Å². The van der Waals surface area contributed by atoms with Crippen LogP contribution in [-0.2, 0) is 9.59 Å². The zero-order chi connectivity index (χ0) is 13.3. The summed E-state index contributed by atoms with van der Waals surface area (Å²) in [7, 11) is 0. The van der Waals surface area contributed by atoms with Crippen molar-refractivity contribution in [2.75, 3.05) is 4.90 Å². The van der Waals surface area contributed by atoms with Crippen molar-refractivity contribution in [3.63, 3.8) is 0 Å². The number of carbonyl (C=O) groups excluding carboxylic acids is 2. The first-order valence-corrected chi connectivity index (χ1v) is 5.68. The summed E-state index contributed by atoms with van der Waals surface area (Å²) in [6.45, 7) is 1.86. The molecular formula is C13H13NO4. The number of nitrogens with zero attached hydrogens (tertiary/aromatic N) is 1. The lowest BCUT2D eigenvalue weighted by molar-refractivity contribution is -0.130. The zero-order valence-corrected chi connectivity index (χ0v) is 9.92. The minimum Gasteiger partial charge on any atom is -0.478 e. The molecule has 2 rings (SSSR count). The molecule has 1 aliphatic heterocycles. The first kappa shape index (κ1) is 12.3. The third-order valence-corrected chi connectivity index (χ3v) is 2.92. The minimum atomic E-state index is -1.04. The van der Waals surface area contributed by atoms with E-state index < -0.39 is 5.97 Å². The molecule has 0 saturated carbocycles. The van der Waals surface area contributed by atoms with Crippen LogP contribution >= 0.6 is 0 Å². The molecule has 0 unspecified atom stereocenters. The van der Waals surface area contributed by atoms with Gasteiger partial charge in [-0.05, 0) is 30.2 Å². The lowest BCUT2D eigenvalue weighted by Gasteiger charge is -2.28. The fraction of sp³-hybridized carbons (Fsp3) is 0.308. The van der Waals surface area contributed by atoms with Crippen LogP contribution in [0.15, 0.2) is 24.3 Å². The van der Waals surface area contributed by atoms with Gasteiger partial charge in [0.25, 0.3) is 0 Å². The average molecular weight is 247 g/mol. The van der Waals surface area contributed by atoms with Crippen LogP contribution < -0.4 is 4.90 Å². The highest BCUT2D eigenvalue weighted by atomic mass is 16.4. The number of carboxylic acid groups (broad SMARTS) is 1. The molecule has 94 valence electrons. The topological polar surface area (TPSA) is 74.7 Å². The van der Waals surface area contributed by atoms with Crippen molar-refractivity contribution in [3.8, 4) is 0 Å². The zero-order valence-electron chi connectivity index (χ0n) is 9.92. The third-order valence-electron chi connectivity index (χ3n) is 2.92. The molecule has 1 aliphatic rings. The molecule has 5 nitrogen and oxygen atoms in total. The van der Waals surface area contributed by atoms with Gasteiger partial charge in [-0.1, -0.05) is 6.92 Å². The summed E-state index contributed by atoms with van der Waals surface area (Å²) < 4.78 is 0. The van der Waals surface area contributed by atoms with Crippen molar-refractivity contribution in [2.45, 2.75) is 19.8 Å². The van der Waals surface area contributed by atoms with E-state index in [1.165, 1.54) is 24.3 Å². The standard InChI is InChI=1S/C13H13NO4/c1-8-6-11(15)14(12(16)7-8)10-4-2-9(3-5-10)13(17)18/h2-5,8H,6-7H2,1H3,(H,17,18). The molecule has 18 heavy (non-hydrogen) atoms. The van der Waals surface area contributed by atoms with Gasteiger partial charge in [-0.3, -0.25) is 14.5 Å². The molecule has 0 aromatic heterocycles. The van der Waals surface area contributed by atoms with Crippen LogP contribution in [0.5, 0.6) is 0 Å². The Morgan fingerprint density at radius 1 is 1.17 bits per heavy atom. The lowest BCUT2D eigenvalue weighted by atomic mass is 9.97. The Morgan fingerprint density at radius 2 is 1.67 bits per heavy atom.